The Balaban J connectivity index is 2.24. The van der Waals surface area contributed by atoms with Gasteiger partial charge in [-0.05, 0) is 30.7 Å². The van der Waals surface area contributed by atoms with Crippen molar-refractivity contribution in [1.82, 2.24) is 0 Å². The van der Waals surface area contributed by atoms with E-state index in [9.17, 15) is 10.1 Å². The first-order valence-electron chi connectivity index (χ1n) is 6.14. The molecule has 0 saturated heterocycles. The Morgan fingerprint density at radius 2 is 2.10 bits per heavy atom. The third-order valence-corrected chi connectivity index (χ3v) is 3.22. The van der Waals surface area contributed by atoms with Crippen molar-refractivity contribution in [3.8, 4) is 5.75 Å². The standard InChI is InChI=1S/C14H14ClN3O3/c1-9-2-3-11(15)7-14(9)21-8-10-6-12(18(19)20)4-5-13(10)17-16/h2-7,17H,8,16H2,1H3. The molecular weight excluding hydrogens is 294 g/mol. The Bertz CT molecular complexity index is 677. The van der Waals surface area contributed by atoms with Crippen LogP contribution in [0.3, 0.4) is 0 Å². The molecule has 0 aliphatic heterocycles. The Morgan fingerprint density at radius 1 is 1.33 bits per heavy atom. The van der Waals surface area contributed by atoms with Crippen molar-refractivity contribution in [3.05, 3.63) is 62.7 Å². The van der Waals surface area contributed by atoms with E-state index in [1.54, 1.807) is 18.2 Å². The molecule has 2 rings (SSSR count). The highest BCUT2D eigenvalue weighted by Gasteiger charge is 2.11. The largest absolute Gasteiger partial charge is 0.488 e. The lowest BCUT2D eigenvalue weighted by molar-refractivity contribution is -0.384. The van der Waals surface area contributed by atoms with Gasteiger partial charge in [0.15, 0.2) is 0 Å². The Labute approximate surface area is 126 Å². The molecule has 0 atom stereocenters. The number of nitro benzene ring substituents is 1. The van der Waals surface area contributed by atoms with Gasteiger partial charge >= 0.3 is 0 Å². The molecule has 0 aliphatic carbocycles. The van der Waals surface area contributed by atoms with Crippen LogP contribution in [0.25, 0.3) is 0 Å². The lowest BCUT2D eigenvalue weighted by Crippen LogP contribution is -2.11. The van der Waals surface area contributed by atoms with Gasteiger partial charge in [0, 0.05) is 22.7 Å². The molecule has 0 unspecified atom stereocenters. The van der Waals surface area contributed by atoms with E-state index in [2.05, 4.69) is 5.43 Å². The van der Waals surface area contributed by atoms with Gasteiger partial charge in [-0.3, -0.25) is 16.0 Å². The molecule has 2 aromatic carbocycles. The molecule has 0 aromatic heterocycles. The van der Waals surface area contributed by atoms with E-state index in [1.165, 1.54) is 12.1 Å². The third-order valence-electron chi connectivity index (χ3n) is 2.99. The van der Waals surface area contributed by atoms with Crippen molar-refractivity contribution < 1.29 is 9.66 Å². The highest BCUT2D eigenvalue weighted by Crippen LogP contribution is 2.26. The van der Waals surface area contributed by atoms with Crippen LogP contribution in [-0.2, 0) is 6.61 Å². The molecule has 0 spiro atoms. The molecule has 0 aliphatic rings. The molecule has 6 nitrogen and oxygen atoms in total. The molecule has 0 radical (unpaired) electrons. The molecule has 3 N–H and O–H groups in total. The number of non-ortho nitro benzene ring substituents is 1. The highest BCUT2D eigenvalue weighted by atomic mass is 35.5. The molecule has 110 valence electrons. The van der Waals surface area contributed by atoms with E-state index in [0.717, 1.165) is 5.56 Å². The predicted octanol–water partition coefficient (Wildman–Crippen LogP) is 3.42. The highest BCUT2D eigenvalue weighted by molar-refractivity contribution is 6.30. The number of nitrogens with zero attached hydrogens (tertiary/aromatic N) is 1. The van der Waals surface area contributed by atoms with Crippen molar-refractivity contribution in [2.75, 3.05) is 5.43 Å². The van der Waals surface area contributed by atoms with Crippen molar-refractivity contribution >= 4 is 23.0 Å². The molecule has 0 fully saturated rings. The number of hydrogen-bond donors (Lipinski definition) is 2. The van der Waals surface area contributed by atoms with Crippen LogP contribution in [0.4, 0.5) is 11.4 Å². The van der Waals surface area contributed by atoms with Crippen molar-refractivity contribution in [1.29, 1.82) is 0 Å². The number of halogens is 1. The Kier molecular flexibility index (Phi) is 4.62. The van der Waals surface area contributed by atoms with E-state index >= 15 is 0 Å². The third kappa shape index (κ3) is 3.62. The van der Waals surface area contributed by atoms with Crippen molar-refractivity contribution in [2.24, 2.45) is 5.84 Å². The maximum Gasteiger partial charge on any atom is 0.269 e. The van der Waals surface area contributed by atoms with Crippen LogP contribution in [0.2, 0.25) is 5.02 Å². The minimum Gasteiger partial charge on any atom is -0.488 e. The van der Waals surface area contributed by atoms with Crippen LogP contribution >= 0.6 is 11.6 Å². The zero-order valence-electron chi connectivity index (χ0n) is 11.3. The number of hydrogen-bond acceptors (Lipinski definition) is 5. The van der Waals surface area contributed by atoms with Gasteiger partial charge in [0.1, 0.15) is 12.4 Å². The van der Waals surface area contributed by atoms with E-state index in [0.29, 0.717) is 22.0 Å². The number of nitrogens with two attached hydrogens (primary N) is 1. The first-order valence-corrected chi connectivity index (χ1v) is 6.52. The maximum absolute atomic E-state index is 10.8. The quantitative estimate of drug-likeness (QED) is 0.502. The second-order valence-electron chi connectivity index (χ2n) is 4.44. The smallest absolute Gasteiger partial charge is 0.269 e. The van der Waals surface area contributed by atoms with Crippen LogP contribution < -0.4 is 16.0 Å². The fourth-order valence-electron chi connectivity index (χ4n) is 1.84. The van der Waals surface area contributed by atoms with E-state index < -0.39 is 4.92 Å². The maximum atomic E-state index is 10.8. The molecule has 0 amide bonds. The molecule has 0 saturated carbocycles. The summed E-state index contributed by atoms with van der Waals surface area (Å²) in [6.45, 7) is 2.03. The van der Waals surface area contributed by atoms with Gasteiger partial charge in [0.25, 0.3) is 5.69 Å². The lowest BCUT2D eigenvalue weighted by Gasteiger charge is -2.12. The van der Waals surface area contributed by atoms with Gasteiger partial charge in [-0.25, -0.2) is 0 Å². The van der Waals surface area contributed by atoms with Gasteiger partial charge in [-0.2, -0.15) is 0 Å². The second kappa shape index (κ2) is 6.43. The number of rotatable bonds is 5. The number of nitro groups is 1. The summed E-state index contributed by atoms with van der Waals surface area (Å²) in [5, 5.41) is 11.4. The van der Waals surface area contributed by atoms with Crippen LogP contribution in [0.1, 0.15) is 11.1 Å². The summed E-state index contributed by atoms with van der Waals surface area (Å²) in [6, 6.07) is 9.65. The summed E-state index contributed by atoms with van der Waals surface area (Å²) in [6.07, 6.45) is 0. The summed E-state index contributed by atoms with van der Waals surface area (Å²) >= 11 is 5.92. The number of hydrazine groups is 1. The average molecular weight is 308 g/mol. The number of aryl methyl sites for hydroxylation is 1. The summed E-state index contributed by atoms with van der Waals surface area (Å²) in [7, 11) is 0. The zero-order valence-corrected chi connectivity index (χ0v) is 12.1. The fourth-order valence-corrected chi connectivity index (χ4v) is 2.00. The predicted molar refractivity (Wildman–Crippen MR) is 81.4 cm³/mol. The molecule has 21 heavy (non-hydrogen) atoms. The van der Waals surface area contributed by atoms with E-state index in [1.807, 2.05) is 13.0 Å². The molecular formula is C14H14ClN3O3. The van der Waals surface area contributed by atoms with E-state index in [-0.39, 0.29) is 12.3 Å². The van der Waals surface area contributed by atoms with Gasteiger partial charge in [0.05, 0.1) is 10.6 Å². The topological polar surface area (TPSA) is 90.4 Å². The van der Waals surface area contributed by atoms with Gasteiger partial charge in [-0.15, -0.1) is 0 Å². The number of benzene rings is 2. The Morgan fingerprint density at radius 3 is 2.76 bits per heavy atom. The molecule has 0 bridgehead atoms. The Hall–Kier alpha value is -2.31. The monoisotopic (exact) mass is 307 g/mol. The minimum absolute atomic E-state index is 0.0181. The lowest BCUT2D eigenvalue weighted by atomic mass is 10.1. The van der Waals surface area contributed by atoms with Gasteiger partial charge in [-0.1, -0.05) is 17.7 Å². The normalized spacial score (nSPS) is 10.2. The van der Waals surface area contributed by atoms with E-state index in [4.69, 9.17) is 22.2 Å². The second-order valence-corrected chi connectivity index (χ2v) is 4.88. The van der Waals surface area contributed by atoms with Crippen LogP contribution in [0.5, 0.6) is 5.75 Å². The van der Waals surface area contributed by atoms with Gasteiger partial charge < -0.3 is 10.2 Å². The van der Waals surface area contributed by atoms with Crippen molar-refractivity contribution in [3.63, 3.8) is 0 Å². The summed E-state index contributed by atoms with van der Waals surface area (Å²) < 4.78 is 5.68. The van der Waals surface area contributed by atoms with Crippen molar-refractivity contribution in [2.45, 2.75) is 13.5 Å². The zero-order chi connectivity index (χ0) is 15.4. The van der Waals surface area contributed by atoms with Crippen LogP contribution in [0.15, 0.2) is 36.4 Å². The molecule has 7 heteroatoms. The first-order chi connectivity index (χ1) is 10.0. The summed E-state index contributed by atoms with van der Waals surface area (Å²) in [5.74, 6) is 6.03. The SMILES string of the molecule is Cc1ccc(Cl)cc1OCc1cc([N+](=O)[O-])ccc1NN. The average Bonchev–Trinajstić information content (AvgIpc) is 2.47. The number of anilines is 1. The number of ether oxygens (including phenoxy) is 1. The summed E-state index contributed by atoms with van der Waals surface area (Å²) in [5.41, 5.74) is 4.56. The first kappa shape index (κ1) is 15.1. The molecule has 2 aromatic rings. The fraction of sp³-hybridized carbons (Fsp3) is 0.143. The number of nitrogen functional groups attached to an aromatic ring is 1. The van der Waals surface area contributed by atoms with Crippen LogP contribution in [0, 0.1) is 17.0 Å². The number of nitrogens with one attached hydrogen (secondary N) is 1. The van der Waals surface area contributed by atoms with Gasteiger partial charge in [0.2, 0.25) is 0 Å². The minimum atomic E-state index is -0.464. The molecule has 0 heterocycles. The van der Waals surface area contributed by atoms with Crippen LogP contribution in [-0.4, -0.2) is 4.92 Å². The summed E-state index contributed by atoms with van der Waals surface area (Å²) in [4.78, 5) is 10.4.